The molecule has 5 rings (SSSR count). The molecular weight excluding hydrogens is 458 g/mol. The van der Waals surface area contributed by atoms with Gasteiger partial charge in [-0.25, -0.2) is 9.78 Å². The van der Waals surface area contributed by atoms with E-state index in [1.807, 2.05) is 24.3 Å². The summed E-state index contributed by atoms with van der Waals surface area (Å²) < 4.78 is 10.1. The molecule has 0 radical (unpaired) electrons. The van der Waals surface area contributed by atoms with E-state index in [0.29, 0.717) is 41.4 Å². The molecule has 2 aromatic heterocycles. The number of hydrogen-bond donors (Lipinski definition) is 1. The molecule has 186 valence electrons. The Labute approximate surface area is 208 Å². The van der Waals surface area contributed by atoms with E-state index in [4.69, 9.17) is 4.74 Å². The molecule has 3 heterocycles. The molecular formula is C27H29N5O4. The smallest absolute Gasteiger partial charge is 0.332 e. The number of imidazole rings is 1. The number of carbonyl (C=O) groups excluding carboxylic acids is 1. The van der Waals surface area contributed by atoms with Gasteiger partial charge in [0.1, 0.15) is 5.75 Å². The van der Waals surface area contributed by atoms with E-state index in [0.717, 1.165) is 41.8 Å². The number of aryl methyl sites for hydroxylation is 1. The van der Waals surface area contributed by atoms with Crippen LogP contribution in [0, 0.1) is 5.92 Å². The van der Waals surface area contributed by atoms with Crippen LogP contribution >= 0.6 is 0 Å². The van der Waals surface area contributed by atoms with Gasteiger partial charge in [-0.05, 0) is 61.7 Å². The van der Waals surface area contributed by atoms with Gasteiger partial charge in [0, 0.05) is 31.8 Å². The Morgan fingerprint density at radius 2 is 1.61 bits per heavy atom. The zero-order valence-electron chi connectivity index (χ0n) is 20.4. The Kier molecular flexibility index (Phi) is 6.56. The fourth-order valence-corrected chi connectivity index (χ4v) is 4.61. The molecule has 0 unspecified atom stereocenters. The first-order valence-electron chi connectivity index (χ1n) is 12.1. The van der Waals surface area contributed by atoms with Gasteiger partial charge in [0.05, 0.1) is 12.9 Å². The number of rotatable bonds is 7. The summed E-state index contributed by atoms with van der Waals surface area (Å²) in [7, 11) is 3.05. The monoisotopic (exact) mass is 487 g/mol. The highest BCUT2D eigenvalue weighted by atomic mass is 16.5. The van der Waals surface area contributed by atoms with Crippen LogP contribution in [0.3, 0.4) is 0 Å². The summed E-state index contributed by atoms with van der Waals surface area (Å²) >= 11 is 0. The summed E-state index contributed by atoms with van der Waals surface area (Å²) in [5, 5.41) is 3.36. The highest BCUT2D eigenvalue weighted by molar-refractivity contribution is 6.09. The van der Waals surface area contributed by atoms with Gasteiger partial charge in [-0.2, -0.15) is 0 Å². The molecule has 1 aliphatic rings. The van der Waals surface area contributed by atoms with Crippen LogP contribution in [0.2, 0.25) is 0 Å². The second-order valence-electron chi connectivity index (χ2n) is 9.31. The molecule has 9 heteroatoms. The lowest BCUT2D eigenvalue weighted by Gasteiger charge is -2.22. The number of hydrogen-bond acceptors (Lipinski definition) is 6. The van der Waals surface area contributed by atoms with Crippen molar-refractivity contribution in [1.29, 1.82) is 0 Å². The second kappa shape index (κ2) is 9.94. The van der Waals surface area contributed by atoms with E-state index in [-0.39, 0.29) is 11.3 Å². The topological polar surface area (TPSA) is 100 Å². The number of carbonyl (C=O) groups is 1. The fraction of sp³-hybridized carbons (Fsp3) is 0.333. The summed E-state index contributed by atoms with van der Waals surface area (Å²) in [4.78, 5) is 42.0. The molecule has 2 aromatic carbocycles. The third-order valence-electron chi connectivity index (χ3n) is 6.85. The van der Waals surface area contributed by atoms with Crippen molar-refractivity contribution in [1.82, 2.24) is 24.0 Å². The molecule has 0 amide bonds. The SMILES string of the molecule is Cn1c(=O)c2c(ncn2Cc2ccc(C(=O)c3ccc(OCC4CCNCC4)cc3)cc2)n(C)c1=O. The molecule has 9 nitrogen and oxygen atoms in total. The summed E-state index contributed by atoms with van der Waals surface area (Å²) in [6.07, 6.45) is 3.80. The predicted octanol–water partition coefficient (Wildman–Crippen LogP) is 2.09. The van der Waals surface area contributed by atoms with E-state index in [9.17, 15) is 14.4 Å². The molecule has 1 saturated heterocycles. The van der Waals surface area contributed by atoms with Gasteiger partial charge in [0.25, 0.3) is 5.56 Å². The second-order valence-corrected chi connectivity index (χ2v) is 9.31. The first kappa shape index (κ1) is 23.7. The van der Waals surface area contributed by atoms with Crippen molar-refractivity contribution in [3.05, 3.63) is 92.4 Å². The highest BCUT2D eigenvalue weighted by Crippen LogP contribution is 2.19. The van der Waals surface area contributed by atoms with Gasteiger partial charge in [0.2, 0.25) is 0 Å². The fourth-order valence-electron chi connectivity index (χ4n) is 4.61. The van der Waals surface area contributed by atoms with E-state index in [1.165, 1.54) is 11.6 Å². The molecule has 0 spiro atoms. The molecule has 1 N–H and O–H groups in total. The molecule has 1 aliphatic heterocycles. The maximum atomic E-state index is 13.0. The van der Waals surface area contributed by atoms with Crippen LogP contribution in [0.5, 0.6) is 5.75 Å². The largest absolute Gasteiger partial charge is 0.493 e. The first-order valence-corrected chi connectivity index (χ1v) is 12.1. The minimum absolute atomic E-state index is 0.0663. The van der Waals surface area contributed by atoms with Gasteiger partial charge in [-0.15, -0.1) is 0 Å². The Morgan fingerprint density at radius 3 is 2.28 bits per heavy atom. The van der Waals surface area contributed by atoms with Crippen molar-refractivity contribution >= 4 is 16.9 Å². The third-order valence-corrected chi connectivity index (χ3v) is 6.85. The van der Waals surface area contributed by atoms with Gasteiger partial charge in [-0.3, -0.25) is 18.7 Å². The average Bonchev–Trinajstić information content (AvgIpc) is 3.34. The summed E-state index contributed by atoms with van der Waals surface area (Å²) in [5.74, 6) is 1.28. The van der Waals surface area contributed by atoms with Crippen LogP contribution in [-0.4, -0.2) is 44.2 Å². The molecule has 0 saturated carbocycles. The molecule has 0 aliphatic carbocycles. The van der Waals surface area contributed by atoms with Crippen molar-refractivity contribution in [3.8, 4) is 5.75 Å². The lowest BCUT2D eigenvalue weighted by Crippen LogP contribution is -2.37. The zero-order chi connectivity index (χ0) is 25.2. The average molecular weight is 488 g/mol. The standard InChI is InChI=1S/C27H29N5O4/c1-30-25-23(26(34)31(2)27(30)35)32(17-29-25)15-18-3-5-20(6-4-18)24(33)21-7-9-22(10-8-21)36-16-19-11-13-28-14-12-19/h3-10,17,19,28H,11-16H2,1-2H3. The molecule has 4 aromatic rings. The summed E-state index contributed by atoms with van der Waals surface area (Å²) in [6.45, 7) is 3.17. The Morgan fingerprint density at radius 1 is 0.972 bits per heavy atom. The van der Waals surface area contributed by atoms with E-state index in [2.05, 4.69) is 10.3 Å². The van der Waals surface area contributed by atoms with Crippen LogP contribution in [0.15, 0.2) is 64.4 Å². The maximum Gasteiger partial charge on any atom is 0.332 e. The quantitative estimate of drug-likeness (QED) is 0.401. The number of ketones is 1. The Bertz CT molecular complexity index is 1510. The van der Waals surface area contributed by atoms with Crippen LogP contribution in [0.25, 0.3) is 11.2 Å². The predicted molar refractivity (Wildman–Crippen MR) is 137 cm³/mol. The van der Waals surface area contributed by atoms with Crippen LogP contribution in [-0.2, 0) is 20.6 Å². The molecule has 0 atom stereocenters. The summed E-state index contributed by atoms with van der Waals surface area (Å²) in [6, 6.07) is 14.6. The minimum atomic E-state index is -0.415. The zero-order valence-corrected chi connectivity index (χ0v) is 20.4. The van der Waals surface area contributed by atoms with Gasteiger partial charge >= 0.3 is 5.69 Å². The lowest BCUT2D eigenvalue weighted by atomic mass is 9.99. The highest BCUT2D eigenvalue weighted by Gasteiger charge is 2.16. The Hall–Kier alpha value is -3.98. The van der Waals surface area contributed by atoms with E-state index in [1.54, 1.807) is 42.2 Å². The number of nitrogens with one attached hydrogen (secondary N) is 1. The van der Waals surface area contributed by atoms with Gasteiger partial charge in [-0.1, -0.05) is 24.3 Å². The van der Waals surface area contributed by atoms with E-state index >= 15 is 0 Å². The van der Waals surface area contributed by atoms with Crippen LogP contribution in [0.1, 0.15) is 34.3 Å². The van der Waals surface area contributed by atoms with Gasteiger partial charge in [0.15, 0.2) is 16.9 Å². The van der Waals surface area contributed by atoms with Crippen molar-refractivity contribution in [3.63, 3.8) is 0 Å². The van der Waals surface area contributed by atoms with Crippen molar-refractivity contribution in [2.75, 3.05) is 19.7 Å². The number of nitrogens with zero attached hydrogens (tertiary/aromatic N) is 4. The number of ether oxygens (including phenoxy) is 1. The Balaban J connectivity index is 1.27. The summed E-state index contributed by atoms with van der Waals surface area (Å²) in [5.41, 5.74) is 1.99. The number of benzene rings is 2. The van der Waals surface area contributed by atoms with Crippen molar-refractivity contribution in [2.45, 2.75) is 19.4 Å². The third kappa shape index (κ3) is 4.61. The molecule has 0 bridgehead atoms. The molecule has 1 fully saturated rings. The van der Waals surface area contributed by atoms with Crippen molar-refractivity contribution in [2.24, 2.45) is 20.0 Å². The molecule has 36 heavy (non-hydrogen) atoms. The normalized spacial score (nSPS) is 14.3. The van der Waals surface area contributed by atoms with Crippen LogP contribution < -0.4 is 21.3 Å². The van der Waals surface area contributed by atoms with Crippen LogP contribution in [0.4, 0.5) is 0 Å². The van der Waals surface area contributed by atoms with Crippen molar-refractivity contribution < 1.29 is 9.53 Å². The number of fused-ring (bicyclic) bond motifs is 1. The first-order chi connectivity index (χ1) is 17.4. The van der Waals surface area contributed by atoms with E-state index < -0.39 is 5.69 Å². The number of piperidine rings is 1. The lowest BCUT2D eigenvalue weighted by molar-refractivity contribution is 0.103. The van der Waals surface area contributed by atoms with Gasteiger partial charge < -0.3 is 14.6 Å². The minimum Gasteiger partial charge on any atom is -0.493 e. The number of aromatic nitrogens is 4. The maximum absolute atomic E-state index is 13.0.